The fourth-order valence-electron chi connectivity index (χ4n) is 1.25. The average Bonchev–Trinajstić information content (AvgIpc) is 2.77. The number of carboxylic acid groups (broad SMARTS) is 1. The quantitative estimate of drug-likeness (QED) is 0.733. The van der Waals surface area contributed by atoms with E-state index >= 15 is 0 Å². The molecule has 10 heteroatoms. The minimum Gasteiger partial charge on any atom is -0.481 e. The molecule has 0 saturated carbocycles. The lowest BCUT2D eigenvalue weighted by Crippen LogP contribution is -2.46. The van der Waals surface area contributed by atoms with Crippen molar-refractivity contribution < 1.29 is 24.2 Å². The van der Waals surface area contributed by atoms with Gasteiger partial charge in [-0.15, -0.1) is 10.2 Å². The van der Waals surface area contributed by atoms with Crippen LogP contribution in [0.3, 0.4) is 0 Å². The first kappa shape index (κ1) is 16.8. The van der Waals surface area contributed by atoms with E-state index in [0.717, 1.165) is 11.3 Å². The monoisotopic (exact) mass is 316 g/mol. The third-order valence-corrected chi connectivity index (χ3v) is 2.58. The van der Waals surface area contributed by atoms with E-state index in [1.807, 2.05) is 0 Å². The van der Waals surface area contributed by atoms with E-state index in [0.29, 0.717) is 0 Å². The van der Waals surface area contributed by atoms with Gasteiger partial charge in [0.05, 0.1) is 6.42 Å². The van der Waals surface area contributed by atoms with E-state index in [-0.39, 0.29) is 5.13 Å². The van der Waals surface area contributed by atoms with Gasteiger partial charge >= 0.3 is 12.1 Å². The maximum Gasteiger partial charge on any atom is 0.408 e. The fraction of sp³-hybridized carbons (Fsp3) is 0.545. The molecule has 1 aromatic heterocycles. The van der Waals surface area contributed by atoms with Crippen molar-refractivity contribution in [2.45, 2.75) is 38.8 Å². The Hall–Kier alpha value is -2.23. The number of hydrogen-bond donors (Lipinski definition) is 3. The molecule has 0 aliphatic heterocycles. The van der Waals surface area contributed by atoms with E-state index in [4.69, 9.17) is 9.84 Å². The summed E-state index contributed by atoms with van der Waals surface area (Å²) in [6, 6.07) is -1.28. The molecule has 1 heterocycles. The number of aromatic nitrogens is 2. The van der Waals surface area contributed by atoms with Crippen molar-refractivity contribution in [3.8, 4) is 0 Å². The molecule has 0 saturated heterocycles. The smallest absolute Gasteiger partial charge is 0.408 e. The molecule has 0 aliphatic carbocycles. The number of anilines is 1. The SMILES string of the molecule is CC(C)(C)OC(=O)N[C@@H](CC(=O)O)C(=O)Nc1nncs1. The van der Waals surface area contributed by atoms with E-state index in [1.165, 1.54) is 5.51 Å². The van der Waals surface area contributed by atoms with Crippen LogP contribution in [0.5, 0.6) is 0 Å². The normalized spacial score (nSPS) is 12.3. The molecule has 0 aliphatic rings. The van der Waals surface area contributed by atoms with Crippen molar-refractivity contribution in [3.05, 3.63) is 5.51 Å². The highest BCUT2D eigenvalue weighted by Gasteiger charge is 2.27. The van der Waals surface area contributed by atoms with E-state index < -0.39 is 36.0 Å². The summed E-state index contributed by atoms with van der Waals surface area (Å²) in [7, 11) is 0. The summed E-state index contributed by atoms with van der Waals surface area (Å²) in [5.41, 5.74) is 0.649. The number of ether oxygens (including phenoxy) is 1. The zero-order valence-corrected chi connectivity index (χ0v) is 12.6. The van der Waals surface area contributed by atoms with Gasteiger partial charge in [-0.3, -0.25) is 14.9 Å². The molecule has 1 rings (SSSR count). The summed E-state index contributed by atoms with van der Waals surface area (Å²) in [6.45, 7) is 4.96. The lowest BCUT2D eigenvalue weighted by atomic mass is 10.2. The van der Waals surface area contributed by atoms with Crippen LogP contribution < -0.4 is 10.6 Å². The molecule has 0 fully saturated rings. The highest BCUT2D eigenvalue weighted by atomic mass is 32.1. The molecular weight excluding hydrogens is 300 g/mol. The van der Waals surface area contributed by atoms with E-state index in [2.05, 4.69) is 20.8 Å². The lowest BCUT2D eigenvalue weighted by Gasteiger charge is -2.22. The average molecular weight is 316 g/mol. The fourth-order valence-corrected chi connectivity index (χ4v) is 1.70. The predicted molar refractivity (Wildman–Crippen MR) is 73.9 cm³/mol. The second-order valence-corrected chi connectivity index (χ2v) is 5.86. The van der Waals surface area contributed by atoms with Crippen molar-refractivity contribution in [2.75, 3.05) is 5.32 Å². The Morgan fingerprint density at radius 2 is 2.10 bits per heavy atom. The molecular formula is C11H16N4O5S. The first-order chi connectivity index (χ1) is 9.67. The third kappa shape index (κ3) is 6.65. The van der Waals surface area contributed by atoms with Crippen molar-refractivity contribution in [3.63, 3.8) is 0 Å². The van der Waals surface area contributed by atoms with Gasteiger partial charge in [0.2, 0.25) is 11.0 Å². The second kappa shape index (κ2) is 6.97. The van der Waals surface area contributed by atoms with Gasteiger partial charge < -0.3 is 15.2 Å². The first-order valence-electron chi connectivity index (χ1n) is 5.96. The van der Waals surface area contributed by atoms with Crippen LogP contribution in [0.1, 0.15) is 27.2 Å². The molecule has 0 unspecified atom stereocenters. The van der Waals surface area contributed by atoms with Gasteiger partial charge in [-0.2, -0.15) is 0 Å². The number of carbonyl (C=O) groups excluding carboxylic acids is 2. The first-order valence-corrected chi connectivity index (χ1v) is 6.83. The molecule has 9 nitrogen and oxygen atoms in total. The van der Waals surface area contributed by atoms with Gasteiger partial charge in [0, 0.05) is 0 Å². The maximum atomic E-state index is 11.9. The Morgan fingerprint density at radius 3 is 2.57 bits per heavy atom. The van der Waals surface area contributed by atoms with Crippen molar-refractivity contribution in [1.29, 1.82) is 0 Å². The van der Waals surface area contributed by atoms with Gasteiger partial charge in [0.15, 0.2) is 0 Å². The summed E-state index contributed by atoms with van der Waals surface area (Å²) >= 11 is 1.07. The van der Waals surface area contributed by atoms with Gasteiger partial charge in [0.25, 0.3) is 0 Å². The molecule has 1 aromatic rings. The Kier molecular flexibility index (Phi) is 5.59. The van der Waals surface area contributed by atoms with E-state index in [9.17, 15) is 14.4 Å². The van der Waals surface area contributed by atoms with Gasteiger partial charge in [-0.1, -0.05) is 11.3 Å². The zero-order chi connectivity index (χ0) is 16.0. The molecule has 21 heavy (non-hydrogen) atoms. The number of nitrogens with one attached hydrogen (secondary N) is 2. The second-order valence-electron chi connectivity index (χ2n) is 5.03. The number of rotatable bonds is 5. The molecule has 116 valence electrons. The Morgan fingerprint density at radius 1 is 1.43 bits per heavy atom. The van der Waals surface area contributed by atoms with Crippen LogP contribution >= 0.6 is 11.3 Å². The van der Waals surface area contributed by atoms with Crippen LogP contribution in [0, 0.1) is 0 Å². The number of amides is 2. The van der Waals surface area contributed by atoms with Crippen molar-refractivity contribution in [1.82, 2.24) is 15.5 Å². The highest BCUT2D eigenvalue weighted by molar-refractivity contribution is 7.13. The predicted octanol–water partition coefficient (Wildman–Crippen LogP) is 0.845. The number of carbonyl (C=O) groups is 3. The van der Waals surface area contributed by atoms with Crippen LogP contribution in [0.15, 0.2) is 5.51 Å². The molecule has 1 atom stereocenters. The van der Waals surface area contributed by atoms with E-state index in [1.54, 1.807) is 20.8 Å². The van der Waals surface area contributed by atoms with Crippen molar-refractivity contribution >= 4 is 34.4 Å². The number of carboxylic acids is 1. The number of aliphatic carboxylic acids is 1. The molecule has 3 N–H and O–H groups in total. The number of alkyl carbamates (subject to hydrolysis) is 1. The minimum absolute atomic E-state index is 0.210. The summed E-state index contributed by atoms with van der Waals surface area (Å²) in [5.74, 6) is -1.94. The summed E-state index contributed by atoms with van der Waals surface area (Å²) in [4.78, 5) is 34.4. The largest absolute Gasteiger partial charge is 0.481 e. The van der Waals surface area contributed by atoms with Crippen LogP contribution in [0.25, 0.3) is 0 Å². The third-order valence-electron chi connectivity index (χ3n) is 1.98. The summed E-state index contributed by atoms with van der Waals surface area (Å²) < 4.78 is 4.99. The van der Waals surface area contributed by atoms with Crippen LogP contribution in [0.2, 0.25) is 0 Å². The van der Waals surface area contributed by atoms with Crippen LogP contribution in [-0.4, -0.2) is 44.9 Å². The van der Waals surface area contributed by atoms with Gasteiger partial charge in [-0.25, -0.2) is 4.79 Å². The van der Waals surface area contributed by atoms with Crippen LogP contribution in [-0.2, 0) is 14.3 Å². The molecule has 0 spiro atoms. The van der Waals surface area contributed by atoms with Gasteiger partial charge in [0.1, 0.15) is 17.2 Å². The summed E-state index contributed by atoms with van der Waals surface area (Å²) in [6.07, 6.45) is -1.45. The Labute approximate surface area is 124 Å². The molecule has 0 radical (unpaired) electrons. The zero-order valence-electron chi connectivity index (χ0n) is 11.7. The summed E-state index contributed by atoms with van der Waals surface area (Å²) in [5, 5.41) is 20.7. The number of hydrogen-bond acceptors (Lipinski definition) is 7. The molecule has 0 bridgehead atoms. The maximum absolute atomic E-state index is 11.9. The minimum atomic E-state index is -1.28. The Balaban J connectivity index is 2.68. The lowest BCUT2D eigenvalue weighted by molar-refractivity contribution is -0.139. The van der Waals surface area contributed by atoms with Crippen molar-refractivity contribution in [2.24, 2.45) is 0 Å². The molecule has 0 aromatic carbocycles. The van der Waals surface area contributed by atoms with Gasteiger partial charge in [-0.05, 0) is 20.8 Å². The number of nitrogens with zero attached hydrogens (tertiary/aromatic N) is 2. The molecule has 2 amide bonds. The Bertz CT molecular complexity index is 511. The highest BCUT2D eigenvalue weighted by Crippen LogP contribution is 2.10. The standard InChI is InChI=1S/C11H16N4O5S/c1-11(2,3)20-10(19)13-6(4-7(16)17)8(18)14-9-15-12-5-21-9/h5-6H,4H2,1-3H3,(H,13,19)(H,16,17)(H,14,15,18)/t6-/m0/s1. The topological polar surface area (TPSA) is 131 Å². The van der Waals surface area contributed by atoms with Crippen LogP contribution in [0.4, 0.5) is 9.93 Å².